The number of amides is 1. The van der Waals surface area contributed by atoms with Crippen molar-refractivity contribution in [1.29, 1.82) is 0 Å². The van der Waals surface area contributed by atoms with Gasteiger partial charge in [-0.1, -0.05) is 6.92 Å². The van der Waals surface area contributed by atoms with Crippen molar-refractivity contribution in [2.45, 2.75) is 38.8 Å². The predicted octanol–water partition coefficient (Wildman–Crippen LogP) is 0.551. The Balaban J connectivity index is 2.75. The Morgan fingerprint density at radius 2 is 2.17 bits per heavy atom. The lowest BCUT2D eigenvalue weighted by Gasteiger charge is -2.27. The second kappa shape index (κ2) is 6.13. The van der Waals surface area contributed by atoms with Gasteiger partial charge in [0.2, 0.25) is 5.91 Å². The highest BCUT2D eigenvalue weighted by Crippen LogP contribution is 2.15. The van der Waals surface area contributed by atoms with Crippen molar-refractivity contribution in [3.05, 3.63) is 12.7 Å². The predicted molar refractivity (Wildman–Crippen MR) is 63.8 cm³/mol. The average molecular weight is 254 g/mol. The number of carboxylic acid groups (broad SMARTS) is 1. The zero-order valence-corrected chi connectivity index (χ0v) is 10.8. The summed E-state index contributed by atoms with van der Waals surface area (Å²) in [6, 6.07) is -0.790. The molecule has 0 radical (unpaired) electrons. The SMILES string of the molecule is CCC(C(=O)N(C)[C@@H](C)CC(=O)O)n1cncn1. The molecule has 1 aromatic rings. The van der Waals surface area contributed by atoms with Crippen molar-refractivity contribution < 1.29 is 14.7 Å². The molecule has 18 heavy (non-hydrogen) atoms. The van der Waals surface area contributed by atoms with Gasteiger partial charge in [0.05, 0.1) is 6.42 Å². The molecule has 0 aromatic carbocycles. The van der Waals surface area contributed by atoms with Crippen LogP contribution >= 0.6 is 0 Å². The van der Waals surface area contributed by atoms with Gasteiger partial charge in [0.15, 0.2) is 0 Å². The van der Waals surface area contributed by atoms with E-state index in [4.69, 9.17) is 5.11 Å². The van der Waals surface area contributed by atoms with E-state index in [1.54, 1.807) is 14.0 Å². The van der Waals surface area contributed by atoms with Gasteiger partial charge in [0.1, 0.15) is 18.7 Å². The Bertz CT molecular complexity index is 404. The number of likely N-dealkylation sites (N-methyl/N-ethyl adjacent to an activating group) is 1. The normalized spacial score (nSPS) is 13.9. The number of carbonyl (C=O) groups is 2. The molecule has 7 heteroatoms. The number of carboxylic acids is 1. The molecule has 0 saturated carbocycles. The third-order valence-electron chi connectivity index (χ3n) is 2.91. The number of hydrogen-bond acceptors (Lipinski definition) is 4. The van der Waals surface area contributed by atoms with Crippen molar-refractivity contribution in [1.82, 2.24) is 19.7 Å². The van der Waals surface area contributed by atoms with Crippen LogP contribution in [-0.2, 0) is 9.59 Å². The number of aliphatic carboxylic acids is 1. The highest BCUT2D eigenvalue weighted by atomic mass is 16.4. The maximum absolute atomic E-state index is 12.2. The molecule has 100 valence electrons. The van der Waals surface area contributed by atoms with Gasteiger partial charge in [-0.3, -0.25) is 9.59 Å². The van der Waals surface area contributed by atoms with Crippen molar-refractivity contribution in [2.75, 3.05) is 7.05 Å². The molecule has 2 atom stereocenters. The summed E-state index contributed by atoms with van der Waals surface area (Å²) < 4.78 is 1.49. The van der Waals surface area contributed by atoms with Crippen LogP contribution in [-0.4, -0.2) is 49.7 Å². The van der Waals surface area contributed by atoms with Crippen molar-refractivity contribution in [2.24, 2.45) is 0 Å². The second-order valence-corrected chi connectivity index (χ2v) is 4.20. The smallest absolute Gasteiger partial charge is 0.305 e. The standard InChI is InChI=1S/C11H18N4O3/c1-4-9(15-7-12-6-13-15)11(18)14(3)8(2)5-10(16)17/h6-9H,4-5H2,1-3H3,(H,16,17)/t8-,9?/m0/s1. The summed E-state index contributed by atoms with van der Waals surface area (Å²) in [5.41, 5.74) is 0. The van der Waals surface area contributed by atoms with E-state index in [0.717, 1.165) is 0 Å². The van der Waals surface area contributed by atoms with Crippen LogP contribution in [0.3, 0.4) is 0 Å². The lowest BCUT2D eigenvalue weighted by Crippen LogP contribution is -2.41. The van der Waals surface area contributed by atoms with Gasteiger partial charge in [-0.05, 0) is 13.3 Å². The Morgan fingerprint density at radius 1 is 1.50 bits per heavy atom. The van der Waals surface area contributed by atoms with Crippen LogP contribution in [0, 0.1) is 0 Å². The molecule has 0 aliphatic carbocycles. The highest BCUT2D eigenvalue weighted by molar-refractivity contribution is 5.81. The minimum absolute atomic E-state index is 0.0734. The molecule has 0 aliphatic heterocycles. The van der Waals surface area contributed by atoms with Crippen molar-refractivity contribution >= 4 is 11.9 Å². The molecule has 1 aromatic heterocycles. The number of hydrogen-bond donors (Lipinski definition) is 1. The number of rotatable bonds is 6. The van der Waals surface area contributed by atoms with Crippen LogP contribution < -0.4 is 0 Å². The van der Waals surface area contributed by atoms with E-state index < -0.39 is 12.0 Å². The van der Waals surface area contributed by atoms with E-state index >= 15 is 0 Å². The number of nitrogens with zero attached hydrogens (tertiary/aromatic N) is 4. The molecule has 1 N–H and O–H groups in total. The summed E-state index contributed by atoms with van der Waals surface area (Å²) in [4.78, 5) is 28.1. The Labute approximate surface area is 105 Å². The van der Waals surface area contributed by atoms with E-state index in [2.05, 4.69) is 10.1 Å². The number of carbonyl (C=O) groups excluding carboxylic acids is 1. The maximum Gasteiger partial charge on any atom is 0.305 e. The van der Waals surface area contributed by atoms with Gasteiger partial charge in [0, 0.05) is 13.1 Å². The zero-order valence-electron chi connectivity index (χ0n) is 10.8. The third-order valence-corrected chi connectivity index (χ3v) is 2.91. The van der Waals surface area contributed by atoms with E-state index in [1.807, 2.05) is 6.92 Å². The fourth-order valence-corrected chi connectivity index (χ4v) is 1.70. The molecule has 0 spiro atoms. The Hall–Kier alpha value is -1.92. The summed E-state index contributed by atoms with van der Waals surface area (Å²) in [5, 5.41) is 12.7. The molecule has 1 amide bonds. The molecule has 1 heterocycles. The third kappa shape index (κ3) is 3.28. The van der Waals surface area contributed by atoms with Crippen LogP contribution in [0.25, 0.3) is 0 Å². The van der Waals surface area contributed by atoms with Crippen LogP contribution in [0.15, 0.2) is 12.7 Å². The summed E-state index contributed by atoms with van der Waals surface area (Å²) in [6.07, 6.45) is 3.36. The van der Waals surface area contributed by atoms with Gasteiger partial charge in [-0.2, -0.15) is 5.10 Å². The van der Waals surface area contributed by atoms with Gasteiger partial charge >= 0.3 is 5.97 Å². The monoisotopic (exact) mass is 254 g/mol. The quantitative estimate of drug-likeness (QED) is 0.801. The molecule has 7 nitrogen and oxygen atoms in total. The fraction of sp³-hybridized carbons (Fsp3) is 0.636. The number of aromatic nitrogens is 3. The van der Waals surface area contributed by atoms with Crippen LogP contribution in [0.4, 0.5) is 0 Å². The first kappa shape index (κ1) is 14.1. The van der Waals surface area contributed by atoms with Gasteiger partial charge < -0.3 is 10.0 Å². The van der Waals surface area contributed by atoms with E-state index in [1.165, 1.54) is 22.2 Å². The largest absolute Gasteiger partial charge is 0.481 e. The highest BCUT2D eigenvalue weighted by Gasteiger charge is 2.26. The maximum atomic E-state index is 12.2. The van der Waals surface area contributed by atoms with Gasteiger partial charge in [-0.25, -0.2) is 9.67 Å². The molecule has 0 bridgehead atoms. The van der Waals surface area contributed by atoms with E-state index in [9.17, 15) is 9.59 Å². The Kier molecular flexibility index (Phi) is 4.82. The second-order valence-electron chi connectivity index (χ2n) is 4.20. The molecule has 1 unspecified atom stereocenters. The first-order chi connectivity index (χ1) is 8.47. The summed E-state index contributed by atoms with van der Waals surface area (Å²) >= 11 is 0. The van der Waals surface area contributed by atoms with Gasteiger partial charge in [-0.15, -0.1) is 0 Å². The first-order valence-corrected chi connectivity index (χ1v) is 5.80. The van der Waals surface area contributed by atoms with Crippen LogP contribution in [0.2, 0.25) is 0 Å². The first-order valence-electron chi connectivity index (χ1n) is 5.80. The molecule has 0 fully saturated rings. The summed E-state index contributed by atoms with van der Waals surface area (Å²) in [5.74, 6) is -1.08. The minimum atomic E-state index is -0.920. The lowest BCUT2D eigenvalue weighted by atomic mass is 10.1. The zero-order chi connectivity index (χ0) is 13.7. The fourth-order valence-electron chi connectivity index (χ4n) is 1.70. The topological polar surface area (TPSA) is 88.3 Å². The van der Waals surface area contributed by atoms with Gasteiger partial charge in [0.25, 0.3) is 0 Å². The molecule has 0 aliphatic rings. The van der Waals surface area contributed by atoms with E-state index in [0.29, 0.717) is 6.42 Å². The minimum Gasteiger partial charge on any atom is -0.481 e. The van der Waals surface area contributed by atoms with Crippen molar-refractivity contribution in [3.8, 4) is 0 Å². The molecule has 0 saturated heterocycles. The van der Waals surface area contributed by atoms with E-state index in [-0.39, 0.29) is 18.4 Å². The molecule has 1 rings (SSSR count). The Morgan fingerprint density at radius 3 is 2.61 bits per heavy atom. The lowest BCUT2D eigenvalue weighted by molar-refractivity contribution is -0.141. The average Bonchev–Trinajstić information content (AvgIpc) is 2.81. The van der Waals surface area contributed by atoms with Crippen LogP contribution in [0.1, 0.15) is 32.7 Å². The van der Waals surface area contributed by atoms with Crippen molar-refractivity contribution in [3.63, 3.8) is 0 Å². The van der Waals surface area contributed by atoms with Crippen LogP contribution in [0.5, 0.6) is 0 Å². The molecular weight excluding hydrogens is 236 g/mol. The summed E-state index contributed by atoms with van der Waals surface area (Å²) in [6.45, 7) is 3.58. The summed E-state index contributed by atoms with van der Waals surface area (Å²) in [7, 11) is 1.61. The molecular formula is C11H18N4O3.